The Hall–Kier alpha value is -2.44. The van der Waals surface area contributed by atoms with Crippen LogP contribution in [-0.2, 0) is 13.1 Å². The first-order valence-electron chi connectivity index (χ1n) is 10.3. The van der Waals surface area contributed by atoms with Crippen molar-refractivity contribution >= 4 is 17.6 Å². The van der Waals surface area contributed by atoms with Crippen LogP contribution in [0.1, 0.15) is 24.0 Å². The van der Waals surface area contributed by atoms with Crippen molar-refractivity contribution in [2.45, 2.75) is 25.9 Å². The van der Waals surface area contributed by atoms with Crippen LogP contribution in [0.2, 0.25) is 5.02 Å². The third-order valence-electron chi connectivity index (χ3n) is 5.51. The van der Waals surface area contributed by atoms with Crippen LogP contribution < -0.4 is 20.5 Å². The lowest BCUT2D eigenvalue weighted by atomic mass is 9.96. The third-order valence-corrected chi connectivity index (χ3v) is 5.88. The highest BCUT2D eigenvalue weighted by atomic mass is 35.5. The number of guanidine groups is 1. The van der Waals surface area contributed by atoms with Gasteiger partial charge >= 0.3 is 0 Å². The first-order chi connectivity index (χ1) is 14.6. The van der Waals surface area contributed by atoms with E-state index in [4.69, 9.17) is 26.8 Å². The fourth-order valence-electron chi connectivity index (χ4n) is 3.68. The average Bonchev–Trinajstić information content (AvgIpc) is 2.78. The summed E-state index contributed by atoms with van der Waals surface area (Å²) in [6.45, 7) is 4.39. The normalized spacial score (nSPS) is 15.8. The van der Waals surface area contributed by atoms with Crippen LogP contribution in [0.3, 0.4) is 0 Å². The molecule has 0 aromatic heterocycles. The summed E-state index contributed by atoms with van der Waals surface area (Å²) in [5.41, 5.74) is 8.28. The molecule has 2 aromatic carbocycles. The molecule has 1 heterocycles. The number of hydrogen-bond donors (Lipinski definition) is 2. The van der Waals surface area contributed by atoms with E-state index >= 15 is 0 Å². The molecule has 1 aliphatic rings. The molecule has 1 saturated heterocycles. The van der Waals surface area contributed by atoms with Crippen molar-refractivity contribution in [2.75, 3.05) is 33.9 Å². The second kappa shape index (κ2) is 11.1. The Morgan fingerprint density at radius 2 is 1.87 bits per heavy atom. The predicted octanol–water partition coefficient (Wildman–Crippen LogP) is 3.67. The minimum Gasteiger partial charge on any atom is -0.493 e. The van der Waals surface area contributed by atoms with Gasteiger partial charge in [0.1, 0.15) is 0 Å². The summed E-state index contributed by atoms with van der Waals surface area (Å²) in [5, 5.41) is 4.13. The lowest BCUT2D eigenvalue weighted by Crippen LogP contribution is -2.40. The first-order valence-corrected chi connectivity index (χ1v) is 10.7. The Bertz CT molecular complexity index is 851. The predicted molar refractivity (Wildman–Crippen MR) is 122 cm³/mol. The molecule has 0 radical (unpaired) electrons. The molecule has 0 bridgehead atoms. The molecule has 30 heavy (non-hydrogen) atoms. The molecule has 7 heteroatoms. The van der Waals surface area contributed by atoms with E-state index in [0.717, 1.165) is 49.6 Å². The Morgan fingerprint density at radius 3 is 2.57 bits per heavy atom. The monoisotopic (exact) mass is 430 g/mol. The summed E-state index contributed by atoms with van der Waals surface area (Å²) in [6.07, 6.45) is 2.28. The number of methoxy groups -OCH3 is 2. The SMILES string of the molecule is COc1ccc(CN=C(N)NCC2CCN(Cc3ccccc3Cl)CC2)cc1OC. The Labute approximate surface area is 184 Å². The Balaban J connectivity index is 1.41. The van der Waals surface area contributed by atoms with Gasteiger partial charge < -0.3 is 20.5 Å². The van der Waals surface area contributed by atoms with Crippen LogP contribution in [0.15, 0.2) is 47.5 Å². The van der Waals surface area contributed by atoms with Gasteiger partial charge in [0.05, 0.1) is 20.8 Å². The molecule has 0 aliphatic carbocycles. The molecular formula is C23H31ClN4O2. The first kappa shape index (κ1) is 22.2. The summed E-state index contributed by atoms with van der Waals surface area (Å²) in [7, 11) is 3.25. The van der Waals surface area contributed by atoms with Crippen LogP contribution >= 0.6 is 11.6 Å². The summed E-state index contributed by atoms with van der Waals surface area (Å²) in [6, 6.07) is 13.8. The quantitative estimate of drug-likeness (QED) is 0.493. The molecule has 3 rings (SSSR count). The van der Waals surface area contributed by atoms with E-state index < -0.39 is 0 Å². The maximum atomic E-state index is 6.29. The number of ether oxygens (including phenoxy) is 2. The van der Waals surface area contributed by atoms with Crippen molar-refractivity contribution in [3.63, 3.8) is 0 Å². The van der Waals surface area contributed by atoms with E-state index in [1.807, 2.05) is 36.4 Å². The molecule has 2 aromatic rings. The van der Waals surface area contributed by atoms with Gasteiger partial charge in [0, 0.05) is 18.1 Å². The minimum atomic E-state index is 0.475. The van der Waals surface area contributed by atoms with Gasteiger partial charge in [-0.3, -0.25) is 4.90 Å². The highest BCUT2D eigenvalue weighted by molar-refractivity contribution is 6.31. The summed E-state index contributed by atoms with van der Waals surface area (Å²) in [4.78, 5) is 6.92. The van der Waals surface area contributed by atoms with E-state index in [-0.39, 0.29) is 0 Å². The van der Waals surface area contributed by atoms with Gasteiger partial charge in [0.25, 0.3) is 0 Å². The van der Waals surface area contributed by atoms with Crippen LogP contribution in [0, 0.1) is 5.92 Å². The standard InChI is InChI=1S/C23H31ClN4O2/c1-29-21-8-7-18(13-22(21)30-2)15-27-23(25)26-14-17-9-11-28(12-10-17)16-19-5-3-4-6-20(19)24/h3-8,13,17H,9-12,14-16H2,1-2H3,(H3,25,26,27). The van der Waals surface area contributed by atoms with Crippen molar-refractivity contribution in [1.29, 1.82) is 0 Å². The minimum absolute atomic E-state index is 0.475. The van der Waals surface area contributed by atoms with Gasteiger partial charge in [-0.1, -0.05) is 35.9 Å². The largest absolute Gasteiger partial charge is 0.493 e. The fourth-order valence-corrected chi connectivity index (χ4v) is 3.87. The number of hydrogen-bond acceptors (Lipinski definition) is 4. The number of piperidine rings is 1. The van der Waals surface area contributed by atoms with Crippen molar-refractivity contribution in [3.05, 3.63) is 58.6 Å². The highest BCUT2D eigenvalue weighted by Gasteiger charge is 2.19. The van der Waals surface area contributed by atoms with E-state index in [1.54, 1.807) is 14.2 Å². The van der Waals surface area contributed by atoms with Gasteiger partial charge in [0.2, 0.25) is 0 Å². The number of aliphatic imine (C=N–C) groups is 1. The smallest absolute Gasteiger partial charge is 0.188 e. The molecule has 0 spiro atoms. The molecule has 3 N–H and O–H groups in total. The number of likely N-dealkylation sites (tertiary alicyclic amines) is 1. The fraction of sp³-hybridized carbons (Fsp3) is 0.435. The summed E-state index contributed by atoms with van der Waals surface area (Å²) >= 11 is 6.29. The van der Waals surface area contributed by atoms with Crippen molar-refractivity contribution in [2.24, 2.45) is 16.6 Å². The van der Waals surface area contributed by atoms with Gasteiger partial charge in [-0.25, -0.2) is 4.99 Å². The van der Waals surface area contributed by atoms with Crippen molar-refractivity contribution in [3.8, 4) is 11.5 Å². The Morgan fingerprint density at radius 1 is 1.13 bits per heavy atom. The number of nitrogens with one attached hydrogen (secondary N) is 1. The molecule has 6 nitrogen and oxygen atoms in total. The highest BCUT2D eigenvalue weighted by Crippen LogP contribution is 2.27. The van der Waals surface area contributed by atoms with Gasteiger partial charge in [-0.05, 0) is 61.2 Å². The van der Waals surface area contributed by atoms with E-state index in [1.165, 1.54) is 5.56 Å². The van der Waals surface area contributed by atoms with Crippen molar-refractivity contribution < 1.29 is 9.47 Å². The second-order valence-corrected chi connectivity index (χ2v) is 7.99. The lowest BCUT2D eigenvalue weighted by molar-refractivity contribution is 0.178. The Kier molecular flexibility index (Phi) is 8.22. The zero-order chi connectivity index (χ0) is 21.3. The van der Waals surface area contributed by atoms with Crippen LogP contribution in [0.5, 0.6) is 11.5 Å². The molecule has 0 unspecified atom stereocenters. The van der Waals surface area contributed by atoms with E-state index in [9.17, 15) is 0 Å². The zero-order valence-electron chi connectivity index (χ0n) is 17.7. The molecule has 0 atom stereocenters. The molecule has 0 saturated carbocycles. The van der Waals surface area contributed by atoms with E-state index in [2.05, 4.69) is 21.3 Å². The number of halogens is 1. The maximum absolute atomic E-state index is 6.29. The van der Waals surface area contributed by atoms with E-state index in [0.29, 0.717) is 29.9 Å². The third kappa shape index (κ3) is 6.28. The topological polar surface area (TPSA) is 72.1 Å². The molecule has 162 valence electrons. The maximum Gasteiger partial charge on any atom is 0.188 e. The van der Waals surface area contributed by atoms with Crippen LogP contribution in [0.25, 0.3) is 0 Å². The summed E-state index contributed by atoms with van der Waals surface area (Å²) < 4.78 is 10.6. The van der Waals surface area contributed by atoms with Crippen LogP contribution in [0.4, 0.5) is 0 Å². The van der Waals surface area contributed by atoms with Gasteiger partial charge in [-0.15, -0.1) is 0 Å². The second-order valence-electron chi connectivity index (χ2n) is 7.58. The lowest BCUT2D eigenvalue weighted by Gasteiger charge is -2.32. The number of nitrogens with zero attached hydrogens (tertiary/aromatic N) is 2. The van der Waals surface area contributed by atoms with Gasteiger partial charge in [0.15, 0.2) is 17.5 Å². The molecular weight excluding hydrogens is 400 g/mol. The number of rotatable bonds is 8. The molecule has 0 amide bonds. The van der Waals surface area contributed by atoms with Gasteiger partial charge in [-0.2, -0.15) is 0 Å². The molecule has 1 fully saturated rings. The number of benzene rings is 2. The van der Waals surface area contributed by atoms with Crippen molar-refractivity contribution in [1.82, 2.24) is 10.2 Å². The average molecular weight is 431 g/mol. The zero-order valence-corrected chi connectivity index (χ0v) is 18.5. The molecule has 1 aliphatic heterocycles. The number of nitrogens with two attached hydrogens (primary N) is 1. The summed E-state index contributed by atoms with van der Waals surface area (Å²) in [5.74, 6) is 2.48. The van der Waals surface area contributed by atoms with Crippen LogP contribution in [-0.4, -0.2) is 44.7 Å².